The van der Waals surface area contributed by atoms with Gasteiger partial charge in [-0.1, -0.05) is 42.5 Å². The van der Waals surface area contributed by atoms with Crippen LogP contribution in [0.1, 0.15) is 21.8 Å². The highest BCUT2D eigenvalue weighted by molar-refractivity contribution is 7.90. The second-order valence-electron chi connectivity index (χ2n) is 6.36. The average Bonchev–Trinajstić information content (AvgIpc) is 3.07. The monoisotopic (exact) mass is 383 g/mol. The molecule has 0 saturated heterocycles. The number of nitrogens with one attached hydrogen (secondary N) is 1. The molecule has 4 rings (SSSR count). The Morgan fingerprint density at radius 3 is 2.58 bits per heavy atom. The molecule has 2 aromatic carbocycles. The van der Waals surface area contributed by atoms with Crippen molar-refractivity contribution in [2.24, 2.45) is 0 Å². The number of anilines is 1. The van der Waals surface area contributed by atoms with Crippen LogP contribution in [0.5, 0.6) is 0 Å². The maximum atomic E-state index is 13.2. The number of hydrogen-bond donors (Lipinski definition) is 1. The predicted octanol–water partition coefficient (Wildman–Crippen LogP) is 4.21. The zero-order valence-corrected chi connectivity index (χ0v) is 15.7. The molecule has 2 heterocycles. The Bertz CT molecular complexity index is 1090. The van der Waals surface area contributed by atoms with E-state index in [1.807, 2.05) is 41.8 Å². The molecule has 1 aliphatic heterocycles. The minimum absolute atomic E-state index is 0.0750. The average molecular weight is 383 g/mol. The van der Waals surface area contributed by atoms with Crippen molar-refractivity contribution < 1.29 is 13.2 Å². The molecule has 1 N–H and O–H groups in total. The van der Waals surface area contributed by atoms with Crippen LogP contribution in [-0.4, -0.2) is 27.0 Å². The Morgan fingerprint density at radius 1 is 1.08 bits per heavy atom. The highest BCUT2D eigenvalue weighted by atomic mass is 32.2. The van der Waals surface area contributed by atoms with E-state index >= 15 is 0 Å². The van der Waals surface area contributed by atoms with E-state index in [0.29, 0.717) is 12.1 Å². The molecule has 0 radical (unpaired) electrons. The molecular formula is C20H17NO3S2. The maximum Gasteiger partial charge on any atom is 0.175 e. The molecule has 26 heavy (non-hydrogen) atoms. The fourth-order valence-corrected chi connectivity index (χ4v) is 4.91. The van der Waals surface area contributed by atoms with E-state index in [9.17, 15) is 13.2 Å². The number of hydrogen-bond acceptors (Lipinski definition) is 5. The molecule has 0 aliphatic carbocycles. The molecule has 0 amide bonds. The van der Waals surface area contributed by atoms with Gasteiger partial charge in [-0.25, -0.2) is 8.42 Å². The zero-order chi connectivity index (χ0) is 18.3. The van der Waals surface area contributed by atoms with Crippen molar-refractivity contribution in [3.8, 4) is 11.1 Å². The predicted molar refractivity (Wildman–Crippen MR) is 105 cm³/mol. The molecule has 132 valence electrons. The summed E-state index contributed by atoms with van der Waals surface area (Å²) >= 11 is 1.48. The second-order valence-corrected chi connectivity index (χ2v) is 9.26. The van der Waals surface area contributed by atoms with E-state index in [4.69, 9.17) is 0 Å². The Hall–Kier alpha value is -2.44. The van der Waals surface area contributed by atoms with Gasteiger partial charge in [0, 0.05) is 23.7 Å². The van der Waals surface area contributed by atoms with Crippen molar-refractivity contribution in [3.63, 3.8) is 0 Å². The highest BCUT2D eigenvalue weighted by Gasteiger charge is 2.32. The van der Waals surface area contributed by atoms with Gasteiger partial charge >= 0.3 is 0 Å². The number of carbonyl (C=O) groups is 1. The van der Waals surface area contributed by atoms with E-state index in [1.165, 1.54) is 17.6 Å². The van der Waals surface area contributed by atoms with Crippen LogP contribution >= 0.6 is 11.3 Å². The standard InChI is InChI=1S/C20H17NO3S2/c1-26(23,24)15-9-5-8-14(10-15)17-12-25-20-18(17)19(22)16(11-21-20)13-6-3-2-4-7-13/h2-10,12,16,21H,11H2,1H3. The number of Topliss-reactive ketones (excluding diaryl/α,β-unsaturated/α-hetero) is 1. The number of sulfone groups is 1. The summed E-state index contributed by atoms with van der Waals surface area (Å²) in [6.45, 7) is 0.569. The highest BCUT2D eigenvalue weighted by Crippen LogP contribution is 2.42. The minimum atomic E-state index is -3.30. The first-order valence-electron chi connectivity index (χ1n) is 8.20. The van der Waals surface area contributed by atoms with Crippen LogP contribution in [-0.2, 0) is 9.84 Å². The fourth-order valence-electron chi connectivity index (χ4n) is 3.26. The molecule has 3 aromatic rings. The maximum absolute atomic E-state index is 13.2. The van der Waals surface area contributed by atoms with Crippen LogP contribution in [0.3, 0.4) is 0 Å². The van der Waals surface area contributed by atoms with E-state index in [2.05, 4.69) is 5.32 Å². The van der Waals surface area contributed by atoms with Gasteiger partial charge in [0.05, 0.1) is 21.4 Å². The molecule has 0 saturated carbocycles. The third-order valence-electron chi connectivity index (χ3n) is 4.60. The van der Waals surface area contributed by atoms with Crippen molar-refractivity contribution >= 4 is 32.0 Å². The number of ketones is 1. The first kappa shape index (κ1) is 17.0. The summed E-state index contributed by atoms with van der Waals surface area (Å²) in [6, 6.07) is 16.5. The first-order chi connectivity index (χ1) is 12.4. The van der Waals surface area contributed by atoms with E-state index in [-0.39, 0.29) is 16.6 Å². The number of benzene rings is 2. The van der Waals surface area contributed by atoms with Crippen molar-refractivity contribution in [3.05, 3.63) is 71.1 Å². The number of fused-ring (bicyclic) bond motifs is 1. The van der Waals surface area contributed by atoms with Gasteiger partial charge in [0.2, 0.25) is 0 Å². The van der Waals surface area contributed by atoms with Gasteiger partial charge in [-0.15, -0.1) is 11.3 Å². The van der Waals surface area contributed by atoms with Crippen molar-refractivity contribution in [2.75, 3.05) is 18.1 Å². The van der Waals surface area contributed by atoms with Crippen molar-refractivity contribution in [2.45, 2.75) is 10.8 Å². The minimum Gasteiger partial charge on any atom is -0.375 e. The molecule has 1 aliphatic rings. The van der Waals surface area contributed by atoms with Gasteiger partial charge in [0.25, 0.3) is 0 Å². The number of carbonyl (C=O) groups excluding carboxylic acids is 1. The van der Waals surface area contributed by atoms with E-state index in [0.717, 1.165) is 21.7 Å². The van der Waals surface area contributed by atoms with Crippen LogP contribution in [0.15, 0.2) is 64.9 Å². The van der Waals surface area contributed by atoms with Crippen LogP contribution in [0.25, 0.3) is 11.1 Å². The third-order valence-corrected chi connectivity index (χ3v) is 6.64. The van der Waals surface area contributed by atoms with Crippen molar-refractivity contribution in [1.29, 1.82) is 0 Å². The first-order valence-corrected chi connectivity index (χ1v) is 11.0. The number of thiophene rings is 1. The Kier molecular flexibility index (Phi) is 4.17. The van der Waals surface area contributed by atoms with Crippen molar-refractivity contribution in [1.82, 2.24) is 0 Å². The van der Waals surface area contributed by atoms with Crippen LogP contribution in [0.4, 0.5) is 5.00 Å². The quantitative estimate of drug-likeness (QED) is 0.736. The summed E-state index contributed by atoms with van der Waals surface area (Å²) in [4.78, 5) is 13.5. The van der Waals surface area contributed by atoms with E-state index < -0.39 is 9.84 Å². The van der Waals surface area contributed by atoms with E-state index in [1.54, 1.807) is 18.2 Å². The zero-order valence-electron chi connectivity index (χ0n) is 14.1. The molecule has 0 bridgehead atoms. The van der Waals surface area contributed by atoms with Gasteiger partial charge in [0.1, 0.15) is 0 Å². The van der Waals surface area contributed by atoms with Gasteiger partial charge in [0.15, 0.2) is 15.6 Å². The summed E-state index contributed by atoms with van der Waals surface area (Å²) in [7, 11) is -3.30. The Morgan fingerprint density at radius 2 is 1.85 bits per heavy atom. The summed E-state index contributed by atoms with van der Waals surface area (Å²) in [5.41, 5.74) is 3.17. The van der Waals surface area contributed by atoms with Gasteiger partial charge < -0.3 is 5.32 Å². The second kappa shape index (κ2) is 6.37. The molecule has 0 fully saturated rings. The largest absolute Gasteiger partial charge is 0.375 e. The topological polar surface area (TPSA) is 63.2 Å². The molecule has 1 unspecified atom stereocenters. The number of rotatable bonds is 3. The molecule has 1 atom stereocenters. The molecule has 6 heteroatoms. The van der Waals surface area contributed by atoms with Gasteiger partial charge in [-0.05, 0) is 23.3 Å². The third kappa shape index (κ3) is 2.95. The van der Waals surface area contributed by atoms with Crippen LogP contribution in [0.2, 0.25) is 0 Å². The summed E-state index contributed by atoms with van der Waals surface area (Å²) < 4.78 is 23.7. The molecule has 0 spiro atoms. The normalized spacial score (nSPS) is 16.8. The molecule has 1 aromatic heterocycles. The van der Waals surface area contributed by atoms with Gasteiger partial charge in [-0.3, -0.25) is 4.79 Å². The fraction of sp³-hybridized carbons (Fsp3) is 0.150. The lowest BCUT2D eigenvalue weighted by Gasteiger charge is -2.24. The van der Waals surface area contributed by atoms with Crippen LogP contribution < -0.4 is 5.32 Å². The Balaban J connectivity index is 1.80. The smallest absolute Gasteiger partial charge is 0.175 e. The summed E-state index contributed by atoms with van der Waals surface area (Å²) in [5, 5.41) is 6.13. The van der Waals surface area contributed by atoms with Gasteiger partial charge in [-0.2, -0.15) is 0 Å². The Labute approximate surface area is 156 Å². The SMILES string of the molecule is CS(=O)(=O)c1cccc(-c2csc3c2C(=O)C(c2ccccc2)CN3)c1. The lowest BCUT2D eigenvalue weighted by Crippen LogP contribution is -2.27. The molecule has 4 nitrogen and oxygen atoms in total. The lowest BCUT2D eigenvalue weighted by atomic mass is 9.86. The summed E-state index contributed by atoms with van der Waals surface area (Å²) in [5.74, 6) is -0.166. The summed E-state index contributed by atoms with van der Waals surface area (Å²) in [6.07, 6.45) is 1.19. The lowest BCUT2D eigenvalue weighted by molar-refractivity contribution is 0.0961. The van der Waals surface area contributed by atoms with Crippen LogP contribution in [0, 0.1) is 0 Å². The molecular weight excluding hydrogens is 366 g/mol.